The lowest BCUT2D eigenvalue weighted by Crippen LogP contribution is -2.49. The molecule has 25 heavy (non-hydrogen) atoms. The highest BCUT2D eigenvalue weighted by molar-refractivity contribution is 5.94. The van der Waals surface area contributed by atoms with Crippen LogP contribution in [0.3, 0.4) is 0 Å². The minimum absolute atomic E-state index is 0.194. The maximum Gasteiger partial charge on any atom is 0.253 e. The predicted molar refractivity (Wildman–Crippen MR) is 103 cm³/mol. The molecule has 2 aliphatic rings. The molecule has 0 radical (unpaired) electrons. The van der Waals surface area contributed by atoms with Crippen LogP contribution in [-0.2, 0) is 0 Å². The van der Waals surface area contributed by atoms with Gasteiger partial charge in [0.05, 0.1) is 0 Å². The highest BCUT2D eigenvalue weighted by Gasteiger charge is 2.28. The summed E-state index contributed by atoms with van der Waals surface area (Å²) in [6.45, 7) is 8.86. The first-order valence-electron chi connectivity index (χ1n) is 10.1. The quantitative estimate of drug-likeness (QED) is 0.862. The monoisotopic (exact) mass is 343 g/mol. The van der Waals surface area contributed by atoms with Gasteiger partial charge in [0.2, 0.25) is 0 Å². The first kappa shape index (κ1) is 18.4. The van der Waals surface area contributed by atoms with E-state index in [1.54, 1.807) is 0 Å². The van der Waals surface area contributed by atoms with Gasteiger partial charge in [-0.3, -0.25) is 9.69 Å². The number of piperidine rings is 2. The zero-order valence-corrected chi connectivity index (χ0v) is 15.6. The molecule has 2 saturated heterocycles. The summed E-state index contributed by atoms with van der Waals surface area (Å²) in [6, 6.07) is 10.4. The van der Waals surface area contributed by atoms with Gasteiger partial charge in [-0.05, 0) is 69.8 Å². The molecular weight excluding hydrogens is 310 g/mol. The molecule has 0 saturated carbocycles. The number of amides is 1. The Balaban J connectivity index is 1.52. The molecule has 138 valence electrons. The topological polar surface area (TPSA) is 35.6 Å². The minimum atomic E-state index is 0.194. The lowest BCUT2D eigenvalue weighted by Gasteiger charge is -2.40. The number of nitrogens with one attached hydrogen (secondary N) is 1. The summed E-state index contributed by atoms with van der Waals surface area (Å²) in [5.41, 5.74) is 0.820. The van der Waals surface area contributed by atoms with Gasteiger partial charge in [-0.15, -0.1) is 0 Å². The van der Waals surface area contributed by atoms with E-state index in [0.717, 1.165) is 37.4 Å². The van der Waals surface area contributed by atoms with Gasteiger partial charge in [-0.25, -0.2) is 0 Å². The average Bonchev–Trinajstić information content (AvgIpc) is 2.69. The SMILES string of the molecule is CCCN(CC1CCNCC1)C1CCN(C(=O)c2ccccc2)CC1. The van der Waals surface area contributed by atoms with Crippen molar-refractivity contribution >= 4 is 5.91 Å². The van der Waals surface area contributed by atoms with E-state index in [-0.39, 0.29) is 5.91 Å². The summed E-state index contributed by atoms with van der Waals surface area (Å²) in [6.07, 6.45) is 6.07. The molecule has 3 rings (SSSR count). The molecule has 0 unspecified atom stereocenters. The van der Waals surface area contributed by atoms with Crippen molar-refractivity contribution in [2.75, 3.05) is 39.3 Å². The largest absolute Gasteiger partial charge is 0.339 e. The van der Waals surface area contributed by atoms with Crippen molar-refractivity contribution in [2.45, 2.75) is 45.1 Å². The molecule has 0 bridgehead atoms. The highest BCUT2D eigenvalue weighted by atomic mass is 16.2. The third kappa shape index (κ3) is 5.05. The molecular formula is C21H33N3O. The van der Waals surface area contributed by atoms with Gasteiger partial charge in [0.1, 0.15) is 0 Å². The van der Waals surface area contributed by atoms with Crippen LogP contribution in [0.4, 0.5) is 0 Å². The maximum atomic E-state index is 12.6. The predicted octanol–water partition coefficient (Wildman–Crippen LogP) is 3.00. The number of carbonyl (C=O) groups is 1. The zero-order valence-electron chi connectivity index (χ0n) is 15.6. The molecule has 0 atom stereocenters. The molecule has 2 heterocycles. The molecule has 4 heteroatoms. The van der Waals surface area contributed by atoms with Crippen LogP contribution >= 0.6 is 0 Å². The van der Waals surface area contributed by atoms with Crippen LogP contribution in [0.15, 0.2) is 30.3 Å². The van der Waals surface area contributed by atoms with Crippen molar-refractivity contribution in [3.8, 4) is 0 Å². The van der Waals surface area contributed by atoms with Crippen molar-refractivity contribution < 1.29 is 4.79 Å². The van der Waals surface area contributed by atoms with Gasteiger partial charge in [0.25, 0.3) is 5.91 Å². The molecule has 0 aromatic heterocycles. The zero-order chi connectivity index (χ0) is 17.5. The Bertz CT molecular complexity index is 519. The van der Waals surface area contributed by atoms with Crippen molar-refractivity contribution in [1.29, 1.82) is 0 Å². The van der Waals surface area contributed by atoms with Gasteiger partial charge in [-0.1, -0.05) is 25.1 Å². The summed E-state index contributed by atoms with van der Waals surface area (Å²) < 4.78 is 0. The van der Waals surface area contributed by atoms with E-state index in [1.165, 1.54) is 45.4 Å². The Morgan fingerprint density at radius 3 is 2.44 bits per heavy atom. The summed E-state index contributed by atoms with van der Waals surface area (Å²) in [5, 5.41) is 3.47. The summed E-state index contributed by atoms with van der Waals surface area (Å²) in [5.74, 6) is 1.04. The third-order valence-corrected chi connectivity index (χ3v) is 5.75. The van der Waals surface area contributed by atoms with Gasteiger partial charge in [0.15, 0.2) is 0 Å². The van der Waals surface area contributed by atoms with Crippen molar-refractivity contribution in [3.05, 3.63) is 35.9 Å². The van der Waals surface area contributed by atoms with Crippen molar-refractivity contribution in [1.82, 2.24) is 15.1 Å². The standard InChI is InChI=1S/C21H33N3O/c1-2-14-24(17-18-8-12-22-13-9-18)20-10-15-23(16-11-20)21(25)19-6-4-3-5-7-19/h3-7,18,20,22H,2,8-17H2,1H3. The summed E-state index contributed by atoms with van der Waals surface area (Å²) >= 11 is 0. The van der Waals surface area contributed by atoms with E-state index in [9.17, 15) is 4.79 Å². The van der Waals surface area contributed by atoms with Gasteiger partial charge in [-0.2, -0.15) is 0 Å². The van der Waals surface area contributed by atoms with Crippen LogP contribution in [0.5, 0.6) is 0 Å². The number of likely N-dealkylation sites (tertiary alicyclic amines) is 1. The van der Waals surface area contributed by atoms with E-state index in [4.69, 9.17) is 0 Å². The number of hydrogen-bond donors (Lipinski definition) is 1. The van der Waals surface area contributed by atoms with Crippen LogP contribution in [0.1, 0.15) is 49.4 Å². The van der Waals surface area contributed by atoms with E-state index < -0.39 is 0 Å². The molecule has 0 aliphatic carbocycles. The van der Waals surface area contributed by atoms with E-state index >= 15 is 0 Å². The smallest absolute Gasteiger partial charge is 0.253 e. The molecule has 4 nitrogen and oxygen atoms in total. The fraction of sp³-hybridized carbons (Fsp3) is 0.667. The summed E-state index contributed by atoms with van der Waals surface area (Å²) in [7, 11) is 0. The van der Waals surface area contributed by atoms with Gasteiger partial charge < -0.3 is 10.2 Å². The van der Waals surface area contributed by atoms with Gasteiger partial charge in [0, 0.05) is 31.2 Å². The Labute approximate surface area is 152 Å². The highest BCUT2D eigenvalue weighted by Crippen LogP contribution is 2.22. The molecule has 2 aliphatic heterocycles. The van der Waals surface area contributed by atoms with E-state index in [1.807, 2.05) is 35.2 Å². The third-order valence-electron chi connectivity index (χ3n) is 5.75. The molecule has 1 N–H and O–H groups in total. The number of rotatable bonds is 6. The fourth-order valence-electron chi connectivity index (χ4n) is 4.30. The van der Waals surface area contributed by atoms with Gasteiger partial charge >= 0.3 is 0 Å². The summed E-state index contributed by atoms with van der Waals surface area (Å²) in [4.78, 5) is 17.4. The Kier molecular flexibility index (Phi) is 6.88. The van der Waals surface area contributed by atoms with E-state index in [0.29, 0.717) is 6.04 Å². The Morgan fingerprint density at radius 1 is 1.12 bits per heavy atom. The first-order valence-corrected chi connectivity index (χ1v) is 10.1. The second-order valence-electron chi connectivity index (χ2n) is 7.58. The van der Waals surface area contributed by atoms with Crippen molar-refractivity contribution in [2.24, 2.45) is 5.92 Å². The molecule has 1 amide bonds. The Morgan fingerprint density at radius 2 is 1.80 bits per heavy atom. The average molecular weight is 344 g/mol. The minimum Gasteiger partial charge on any atom is -0.339 e. The van der Waals surface area contributed by atoms with Crippen molar-refractivity contribution in [3.63, 3.8) is 0 Å². The second-order valence-corrected chi connectivity index (χ2v) is 7.58. The lowest BCUT2D eigenvalue weighted by atomic mass is 9.95. The van der Waals surface area contributed by atoms with Crippen LogP contribution in [-0.4, -0.2) is 61.0 Å². The molecule has 1 aromatic rings. The molecule has 1 aromatic carbocycles. The second kappa shape index (κ2) is 9.35. The fourth-order valence-corrected chi connectivity index (χ4v) is 4.30. The molecule has 0 spiro atoms. The maximum absolute atomic E-state index is 12.6. The number of carbonyl (C=O) groups excluding carboxylic acids is 1. The first-order chi connectivity index (χ1) is 12.3. The molecule has 2 fully saturated rings. The van der Waals surface area contributed by atoms with Crippen LogP contribution in [0.25, 0.3) is 0 Å². The normalized spacial score (nSPS) is 20.2. The van der Waals surface area contributed by atoms with E-state index in [2.05, 4.69) is 17.1 Å². The van der Waals surface area contributed by atoms with Crippen LogP contribution < -0.4 is 5.32 Å². The lowest BCUT2D eigenvalue weighted by molar-refractivity contribution is 0.0582. The van der Waals surface area contributed by atoms with Crippen LogP contribution in [0, 0.1) is 5.92 Å². The van der Waals surface area contributed by atoms with Crippen LogP contribution in [0.2, 0.25) is 0 Å². The number of nitrogens with zero attached hydrogens (tertiary/aromatic N) is 2. The number of benzene rings is 1. The number of hydrogen-bond acceptors (Lipinski definition) is 3. The Hall–Kier alpha value is -1.39.